The van der Waals surface area contributed by atoms with Crippen LogP contribution in [0.25, 0.3) is 0 Å². The summed E-state index contributed by atoms with van der Waals surface area (Å²) >= 11 is 7.56. The summed E-state index contributed by atoms with van der Waals surface area (Å²) in [6.45, 7) is 2.63. The maximum atomic E-state index is 12.1. The van der Waals surface area contributed by atoms with Gasteiger partial charge in [-0.2, -0.15) is 0 Å². The van der Waals surface area contributed by atoms with Crippen molar-refractivity contribution in [2.24, 2.45) is 0 Å². The molecular formula is C14H16ClN3OS. The van der Waals surface area contributed by atoms with Crippen LogP contribution >= 0.6 is 22.9 Å². The zero-order chi connectivity index (χ0) is 14.1. The van der Waals surface area contributed by atoms with Crippen molar-refractivity contribution < 1.29 is 0 Å². The Hall–Kier alpha value is -1.20. The van der Waals surface area contributed by atoms with Crippen molar-refractivity contribution in [3.63, 3.8) is 0 Å². The Labute approximate surface area is 126 Å². The molecule has 0 aromatic carbocycles. The first kappa shape index (κ1) is 13.8. The first-order valence-corrected chi connectivity index (χ1v) is 8.13. The lowest BCUT2D eigenvalue weighted by Crippen LogP contribution is -2.24. The van der Waals surface area contributed by atoms with E-state index in [-0.39, 0.29) is 10.7 Å². The van der Waals surface area contributed by atoms with Gasteiger partial charge >= 0.3 is 0 Å². The number of hydrogen-bond donors (Lipinski definition) is 0. The average Bonchev–Trinajstić information content (AvgIpc) is 3.15. The molecule has 2 aromatic rings. The summed E-state index contributed by atoms with van der Waals surface area (Å²) in [6, 6.07) is 1.38. The zero-order valence-corrected chi connectivity index (χ0v) is 12.9. The van der Waals surface area contributed by atoms with E-state index in [4.69, 9.17) is 11.6 Å². The van der Waals surface area contributed by atoms with Gasteiger partial charge in [0.2, 0.25) is 0 Å². The van der Waals surface area contributed by atoms with Crippen molar-refractivity contribution in [1.29, 1.82) is 0 Å². The second kappa shape index (κ2) is 5.66. The molecule has 1 saturated carbocycles. The highest BCUT2D eigenvalue weighted by Gasteiger charge is 2.29. The van der Waals surface area contributed by atoms with Crippen molar-refractivity contribution in [3.8, 4) is 0 Å². The number of hydrogen-bond acceptors (Lipinski definition) is 4. The molecule has 20 heavy (non-hydrogen) atoms. The predicted octanol–water partition coefficient (Wildman–Crippen LogP) is 3.23. The van der Waals surface area contributed by atoms with Gasteiger partial charge in [-0.05, 0) is 25.7 Å². The molecule has 0 unspecified atom stereocenters. The highest BCUT2D eigenvalue weighted by Crippen LogP contribution is 2.38. The molecule has 1 fully saturated rings. The van der Waals surface area contributed by atoms with E-state index in [2.05, 4.69) is 16.9 Å². The molecule has 3 rings (SSSR count). The molecule has 0 aliphatic heterocycles. The Balaban J connectivity index is 1.91. The molecule has 0 spiro atoms. The quantitative estimate of drug-likeness (QED) is 0.797. The second-order valence-electron chi connectivity index (χ2n) is 5.12. The molecule has 2 aromatic heterocycles. The van der Waals surface area contributed by atoms with E-state index in [0.29, 0.717) is 12.5 Å². The second-order valence-corrected chi connectivity index (χ2v) is 6.45. The fourth-order valence-corrected chi connectivity index (χ4v) is 3.29. The highest BCUT2D eigenvalue weighted by molar-refractivity contribution is 7.09. The molecule has 4 nitrogen and oxygen atoms in total. The molecular weight excluding hydrogens is 294 g/mol. The van der Waals surface area contributed by atoms with E-state index >= 15 is 0 Å². The van der Waals surface area contributed by atoms with Crippen molar-refractivity contribution in [2.45, 2.75) is 45.1 Å². The third kappa shape index (κ3) is 2.94. The Morgan fingerprint density at radius 1 is 1.45 bits per heavy atom. The van der Waals surface area contributed by atoms with Crippen LogP contribution in [-0.2, 0) is 13.0 Å². The van der Waals surface area contributed by atoms with Crippen LogP contribution < -0.4 is 5.56 Å². The van der Waals surface area contributed by atoms with Gasteiger partial charge in [-0.25, -0.2) is 9.97 Å². The van der Waals surface area contributed by atoms with Gasteiger partial charge in [-0.1, -0.05) is 18.5 Å². The summed E-state index contributed by atoms with van der Waals surface area (Å²) in [6.07, 6.45) is 4.26. The average molecular weight is 310 g/mol. The number of halogens is 1. The Kier molecular flexibility index (Phi) is 3.89. The third-order valence-corrected chi connectivity index (χ3v) is 4.48. The van der Waals surface area contributed by atoms with Crippen LogP contribution in [0, 0.1) is 0 Å². The van der Waals surface area contributed by atoms with Crippen LogP contribution in [0.3, 0.4) is 0 Å². The fraction of sp³-hybridized carbons (Fsp3) is 0.500. The summed E-state index contributed by atoms with van der Waals surface area (Å²) in [5, 5.41) is 3.45. The van der Waals surface area contributed by atoms with Crippen LogP contribution in [0.15, 0.2) is 16.2 Å². The number of nitrogens with zero attached hydrogens (tertiary/aromatic N) is 3. The van der Waals surface area contributed by atoms with Crippen molar-refractivity contribution >= 4 is 22.9 Å². The van der Waals surface area contributed by atoms with Gasteiger partial charge in [0, 0.05) is 17.4 Å². The summed E-state index contributed by atoms with van der Waals surface area (Å²) in [7, 11) is 0. The first-order valence-electron chi connectivity index (χ1n) is 6.88. The number of aryl methyl sites for hydroxylation is 1. The monoisotopic (exact) mass is 309 g/mol. The molecule has 1 aliphatic rings. The van der Waals surface area contributed by atoms with Gasteiger partial charge in [0.25, 0.3) is 5.56 Å². The van der Waals surface area contributed by atoms with Gasteiger partial charge in [-0.15, -0.1) is 11.3 Å². The zero-order valence-electron chi connectivity index (χ0n) is 11.3. The smallest absolute Gasteiger partial charge is 0.255 e. The minimum atomic E-state index is -0.0862. The maximum absolute atomic E-state index is 12.1. The van der Waals surface area contributed by atoms with Gasteiger partial charge in [0.15, 0.2) is 0 Å². The topological polar surface area (TPSA) is 47.8 Å². The minimum Gasteiger partial charge on any atom is -0.290 e. The van der Waals surface area contributed by atoms with E-state index in [1.807, 2.05) is 5.38 Å². The molecule has 0 saturated heterocycles. The van der Waals surface area contributed by atoms with Gasteiger partial charge in [0.1, 0.15) is 11.0 Å². The summed E-state index contributed by atoms with van der Waals surface area (Å²) in [5.74, 6) is 1.20. The van der Waals surface area contributed by atoms with Crippen LogP contribution in [0.4, 0.5) is 0 Å². The van der Waals surface area contributed by atoms with Crippen molar-refractivity contribution in [3.05, 3.63) is 43.5 Å². The molecule has 0 atom stereocenters. The van der Waals surface area contributed by atoms with Crippen molar-refractivity contribution in [1.82, 2.24) is 14.5 Å². The van der Waals surface area contributed by atoms with Crippen LogP contribution in [-0.4, -0.2) is 14.5 Å². The predicted molar refractivity (Wildman–Crippen MR) is 80.7 cm³/mol. The van der Waals surface area contributed by atoms with Crippen LogP contribution in [0.1, 0.15) is 48.6 Å². The number of aromatic nitrogens is 3. The van der Waals surface area contributed by atoms with Crippen LogP contribution in [0.5, 0.6) is 0 Å². The van der Waals surface area contributed by atoms with Gasteiger partial charge in [-0.3, -0.25) is 9.36 Å². The SMILES string of the molecule is CCCc1nc(Cn2c(C3CC3)nc(Cl)cc2=O)cs1. The normalized spacial score (nSPS) is 14.7. The molecule has 1 aliphatic carbocycles. The lowest BCUT2D eigenvalue weighted by molar-refractivity contribution is 0.659. The number of rotatable bonds is 5. The van der Waals surface area contributed by atoms with Crippen LogP contribution in [0.2, 0.25) is 5.15 Å². The molecule has 0 amide bonds. The Morgan fingerprint density at radius 2 is 2.25 bits per heavy atom. The molecule has 106 valence electrons. The Morgan fingerprint density at radius 3 is 2.95 bits per heavy atom. The standard InChI is InChI=1S/C14H16ClN3OS/c1-2-3-12-16-10(8-20-12)7-18-13(19)6-11(15)17-14(18)9-4-5-9/h6,8-9H,2-5,7H2,1H3. The third-order valence-electron chi connectivity index (χ3n) is 3.33. The van der Waals surface area contributed by atoms with E-state index in [0.717, 1.165) is 42.2 Å². The fourth-order valence-electron chi connectivity index (χ4n) is 2.22. The lowest BCUT2D eigenvalue weighted by atomic mass is 10.3. The van der Waals surface area contributed by atoms with E-state index in [1.165, 1.54) is 6.07 Å². The summed E-state index contributed by atoms with van der Waals surface area (Å²) < 4.78 is 1.72. The first-order chi connectivity index (χ1) is 9.67. The molecule has 6 heteroatoms. The molecule has 2 heterocycles. The van der Waals surface area contributed by atoms with Crippen molar-refractivity contribution in [2.75, 3.05) is 0 Å². The maximum Gasteiger partial charge on any atom is 0.255 e. The summed E-state index contributed by atoms with van der Waals surface area (Å²) in [4.78, 5) is 21.1. The molecule has 0 N–H and O–H groups in total. The van der Waals surface area contributed by atoms with E-state index in [1.54, 1.807) is 15.9 Å². The largest absolute Gasteiger partial charge is 0.290 e. The lowest BCUT2D eigenvalue weighted by Gasteiger charge is -2.10. The van der Waals surface area contributed by atoms with Gasteiger partial charge < -0.3 is 0 Å². The van der Waals surface area contributed by atoms with Gasteiger partial charge in [0.05, 0.1) is 17.2 Å². The molecule has 0 radical (unpaired) electrons. The van der Waals surface area contributed by atoms with E-state index < -0.39 is 0 Å². The summed E-state index contributed by atoms with van der Waals surface area (Å²) in [5.41, 5.74) is 0.850. The minimum absolute atomic E-state index is 0.0862. The highest BCUT2D eigenvalue weighted by atomic mass is 35.5. The molecule has 0 bridgehead atoms. The number of thiazole rings is 1. The van der Waals surface area contributed by atoms with E-state index in [9.17, 15) is 4.79 Å². The Bertz CT molecular complexity index is 675.